The Kier molecular flexibility index (Phi) is 4.09. The molecule has 1 aliphatic carbocycles. The summed E-state index contributed by atoms with van der Waals surface area (Å²) >= 11 is 0. The first-order valence-electron chi connectivity index (χ1n) is 5.95. The van der Waals surface area contributed by atoms with Gasteiger partial charge in [0.25, 0.3) is 0 Å². The molecule has 102 valence electrons. The molecule has 0 spiro atoms. The van der Waals surface area contributed by atoms with Gasteiger partial charge in [0, 0.05) is 5.92 Å². The van der Waals surface area contributed by atoms with E-state index in [2.05, 4.69) is 15.3 Å². The molecule has 0 aromatic heterocycles. The van der Waals surface area contributed by atoms with Crippen LogP contribution in [0.1, 0.15) is 25.3 Å². The first kappa shape index (κ1) is 13.5. The second-order valence-corrected chi connectivity index (χ2v) is 4.35. The molecular formula is C13H14F2N2O2. The van der Waals surface area contributed by atoms with Crippen LogP contribution in [-0.2, 0) is 4.79 Å². The number of alkyl halides is 2. The Bertz CT molecular complexity index is 482. The SMILES string of the molecule is CC(=NNC(=O)C1CC1)c1ccc(OC(F)F)cc1. The molecule has 1 aliphatic rings. The van der Waals surface area contributed by atoms with E-state index in [1.165, 1.54) is 12.1 Å². The second-order valence-electron chi connectivity index (χ2n) is 4.35. The number of nitrogens with one attached hydrogen (secondary N) is 1. The molecule has 1 aromatic carbocycles. The van der Waals surface area contributed by atoms with Gasteiger partial charge < -0.3 is 4.74 Å². The Morgan fingerprint density at radius 1 is 1.37 bits per heavy atom. The van der Waals surface area contributed by atoms with E-state index in [-0.39, 0.29) is 17.6 Å². The number of hydrogen-bond acceptors (Lipinski definition) is 3. The van der Waals surface area contributed by atoms with Crippen LogP contribution < -0.4 is 10.2 Å². The molecule has 1 amide bonds. The number of rotatable bonds is 5. The van der Waals surface area contributed by atoms with Crippen LogP contribution in [0.2, 0.25) is 0 Å². The van der Waals surface area contributed by atoms with Crippen LogP contribution in [-0.4, -0.2) is 18.2 Å². The van der Waals surface area contributed by atoms with E-state index < -0.39 is 6.61 Å². The van der Waals surface area contributed by atoms with Gasteiger partial charge in [-0.05, 0) is 49.6 Å². The number of hydrogen-bond donors (Lipinski definition) is 1. The zero-order valence-corrected chi connectivity index (χ0v) is 10.4. The fraction of sp³-hybridized carbons (Fsp3) is 0.385. The van der Waals surface area contributed by atoms with Crippen LogP contribution in [0.5, 0.6) is 5.75 Å². The summed E-state index contributed by atoms with van der Waals surface area (Å²) in [6, 6.07) is 6.09. The van der Waals surface area contributed by atoms with Gasteiger partial charge in [0.05, 0.1) is 5.71 Å². The summed E-state index contributed by atoms with van der Waals surface area (Å²) in [6.07, 6.45) is 1.83. The van der Waals surface area contributed by atoms with Crippen molar-refractivity contribution < 1.29 is 18.3 Å². The second kappa shape index (κ2) is 5.77. The summed E-state index contributed by atoms with van der Waals surface area (Å²) in [5, 5.41) is 3.97. The highest BCUT2D eigenvalue weighted by atomic mass is 19.3. The lowest BCUT2D eigenvalue weighted by Crippen LogP contribution is -2.20. The van der Waals surface area contributed by atoms with E-state index in [1.54, 1.807) is 19.1 Å². The standard InChI is InChI=1S/C13H14F2N2O2/c1-8(16-17-12(18)10-2-3-10)9-4-6-11(7-5-9)19-13(14)15/h4-7,10,13H,2-3H2,1H3,(H,17,18). The average molecular weight is 268 g/mol. The molecule has 2 rings (SSSR count). The predicted octanol–water partition coefficient (Wildman–Crippen LogP) is 2.54. The van der Waals surface area contributed by atoms with Gasteiger partial charge >= 0.3 is 6.61 Å². The zero-order valence-electron chi connectivity index (χ0n) is 10.4. The highest BCUT2D eigenvalue weighted by molar-refractivity contribution is 5.99. The number of nitrogens with zero attached hydrogens (tertiary/aromatic N) is 1. The molecule has 1 saturated carbocycles. The Hall–Kier alpha value is -1.98. The van der Waals surface area contributed by atoms with Crippen molar-refractivity contribution in [2.45, 2.75) is 26.4 Å². The summed E-state index contributed by atoms with van der Waals surface area (Å²) in [4.78, 5) is 11.4. The molecule has 0 heterocycles. The van der Waals surface area contributed by atoms with Gasteiger partial charge in [-0.15, -0.1) is 0 Å². The molecule has 1 N–H and O–H groups in total. The Labute approximate surface area is 109 Å². The summed E-state index contributed by atoms with van der Waals surface area (Å²) in [6.45, 7) is -1.10. The number of hydrazone groups is 1. The van der Waals surface area contributed by atoms with Gasteiger partial charge in [0.15, 0.2) is 0 Å². The largest absolute Gasteiger partial charge is 0.435 e. The van der Waals surface area contributed by atoms with Crippen molar-refractivity contribution in [2.75, 3.05) is 0 Å². The average Bonchev–Trinajstić information content (AvgIpc) is 3.20. The van der Waals surface area contributed by atoms with Gasteiger partial charge in [-0.1, -0.05) is 0 Å². The lowest BCUT2D eigenvalue weighted by atomic mass is 10.1. The maximum atomic E-state index is 12.0. The summed E-state index contributed by atoms with van der Waals surface area (Å²) in [7, 11) is 0. The molecule has 0 atom stereocenters. The molecule has 0 bridgehead atoms. The zero-order chi connectivity index (χ0) is 13.8. The van der Waals surface area contributed by atoms with Gasteiger partial charge in [-0.2, -0.15) is 13.9 Å². The molecule has 0 unspecified atom stereocenters. The van der Waals surface area contributed by atoms with Crippen LogP contribution in [0.25, 0.3) is 0 Å². The maximum absolute atomic E-state index is 12.0. The smallest absolute Gasteiger partial charge is 0.387 e. The number of carbonyl (C=O) groups excluding carboxylic acids is 1. The number of amides is 1. The van der Waals surface area contributed by atoms with Crippen molar-refractivity contribution in [3.8, 4) is 5.75 Å². The quantitative estimate of drug-likeness (QED) is 0.659. The summed E-state index contributed by atoms with van der Waals surface area (Å²) in [5.74, 6) is 0.115. The molecule has 0 aliphatic heterocycles. The van der Waals surface area contributed by atoms with E-state index in [0.29, 0.717) is 5.71 Å². The van der Waals surface area contributed by atoms with Crippen molar-refractivity contribution >= 4 is 11.6 Å². The van der Waals surface area contributed by atoms with E-state index in [0.717, 1.165) is 18.4 Å². The molecule has 19 heavy (non-hydrogen) atoms. The van der Waals surface area contributed by atoms with E-state index in [1.807, 2.05) is 0 Å². The molecule has 1 aromatic rings. The lowest BCUT2D eigenvalue weighted by Gasteiger charge is -2.06. The summed E-state index contributed by atoms with van der Waals surface area (Å²) in [5.41, 5.74) is 3.83. The van der Waals surface area contributed by atoms with Crippen LogP contribution in [0.15, 0.2) is 29.4 Å². The van der Waals surface area contributed by atoms with E-state index in [4.69, 9.17) is 0 Å². The maximum Gasteiger partial charge on any atom is 0.387 e. The van der Waals surface area contributed by atoms with Crippen LogP contribution in [0.4, 0.5) is 8.78 Å². The van der Waals surface area contributed by atoms with Crippen molar-refractivity contribution in [1.29, 1.82) is 0 Å². The van der Waals surface area contributed by atoms with Crippen LogP contribution in [0.3, 0.4) is 0 Å². The monoisotopic (exact) mass is 268 g/mol. The van der Waals surface area contributed by atoms with Gasteiger partial charge in [-0.3, -0.25) is 4.79 Å². The van der Waals surface area contributed by atoms with Crippen molar-refractivity contribution in [2.24, 2.45) is 11.0 Å². The van der Waals surface area contributed by atoms with E-state index >= 15 is 0 Å². The van der Waals surface area contributed by atoms with Crippen molar-refractivity contribution in [3.63, 3.8) is 0 Å². The van der Waals surface area contributed by atoms with Gasteiger partial charge in [0.2, 0.25) is 5.91 Å². The molecule has 1 fully saturated rings. The molecule has 0 radical (unpaired) electrons. The van der Waals surface area contributed by atoms with Crippen molar-refractivity contribution in [3.05, 3.63) is 29.8 Å². The van der Waals surface area contributed by atoms with Gasteiger partial charge in [-0.25, -0.2) is 5.43 Å². The molecular weight excluding hydrogens is 254 g/mol. The third-order valence-corrected chi connectivity index (χ3v) is 2.78. The van der Waals surface area contributed by atoms with Crippen LogP contribution >= 0.6 is 0 Å². The van der Waals surface area contributed by atoms with E-state index in [9.17, 15) is 13.6 Å². The number of carbonyl (C=O) groups is 1. The Morgan fingerprint density at radius 3 is 2.53 bits per heavy atom. The summed E-state index contributed by atoms with van der Waals surface area (Å²) < 4.78 is 28.2. The lowest BCUT2D eigenvalue weighted by molar-refractivity contribution is -0.122. The normalized spacial score (nSPS) is 15.5. The minimum Gasteiger partial charge on any atom is -0.435 e. The third kappa shape index (κ3) is 4.01. The highest BCUT2D eigenvalue weighted by Gasteiger charge is 2.29. The van der Waals surface area contributed by atoms with Gasteiger partial charge in [0.1, 0.15) is 5.75 Å². The number of benzene rings is 1. The fourth-order valence-electron chi connectivity index (χ4n) is 1.52. The molecule has 4 nitrogen and oxygen atoms in total. The topological polar surface area (TPSA) is 50.7 Å². The molecule has 6 heteroatoms. The van der Waals surface area contributed by atoms with Crippen LogP contribution in [0, 0.1) is 5.92 Å². The highest BCUT2D eigenvalue weighted by Crippen LogP contribution is 2.28. The minimum absolute atomic E-state index is 0.0722. The number of ether oxygens (including phenoxy) is 1. The predicted molar refractivity (Wildman–Crippen MR) is 66.2 cm³/mol. The Morgan fingerprint density at radius 2 is 2.00 bits per heavy atom. The molecule has 0 saturated heterocycles. The first-order chi connectivity index (χ1) is 9.06. The Balaban J connectivity index is 1.96. The number of halogens is 2. The van der Waals surface area contributed by atoms with Crippen molar-refractivity contribution in [1.82, 2.24) is 5.43 Å². The fourth-order valence-corrected chi connectivity index (χ4v) is 1.52. The first-order valence-corrected chi connectivity index (χ1v) is 5.95. The third-order valence-electron chi connectivity index (χ3n) is 2.78. The minimum atomic E-state index is -2.83.